The van der Waals surface area contributed by atoms with Crippen molar-refractivity contribution in [1.82, 2.24) is 20.2 Å². The van der Waals surface area contributed by atoms with Crippen molar-refractivity contribution in [3.63, 3.8) is 0 Å². The second kappa shape index (κ2) is 20.5. The van der Waals surface area contributed by atoms with Gasteiger partial charge < -0.3 is 39.8 Å². The van der Waals surface area contributed by atoms with Crippen LogP contribution in [0.5, 0.6) is 5.75 Å². The molecule has 2 aromatic rings. The Labute approximate surface area is 274 Å². The van der Waals surface area contributed by atoms with E-state index in [0.717, 1.165) is 44.7 Å². The molecule has 1 heterocycles. The molecule has 12 nitrogen and oxygen atoms in total. The molecule has 1 fully saturated rings. The van der Waals surface area contributed by atoms with Gasteiger partial charge in [-0.05, 0) is 56.4 Å². The highest BCUT2D eigenvalue weighted by atomic mass is 19.4. The predicted molar refractivity (Wildman–Crippen MR) is 171 cm³/mol. The summed E-state index contributed by atoms with van der Waals surface area (Å²) in [5, 5.41) is 8.15. The largest absolute Gasteiger partial charge is 0.494 e. The number of anilines is 3. The average Bonchev–Trinajstić information content (AvgIpc) is 3.02. The Bertz CT molecular complexity index is 1220. The number of hydrogen-bond acceptors (Lipinski definition) is 10. The Kier molecular flexibility index (Phi) is 16.5. The van der Waals surface area contributed by atoms with Gasteiger partial charge in [0, 0.05) is 84.4 Å². The summed E-state index contributed by atoms with van der Waals surface area (Å²) in [5.41, 5.74) is -0.400. The van der Waals surface area contributed by atoms with E-state index in [1.54, 1.807) is 43.3 Å². The van der Waals surface area contributed by atoms with E-state index in [0.29, 0.717) is 57.5 Å². The summed E-state index contributed by atoms with van der Waals surface area (Å²) < 4.78 is 62.9. The van der Waals surface area contributed by atoms with Crippen molar-refractivity contribution in [3.05, 3.63) is 36.0 Å². The third-order valence-electron chi connectivity index (χ3n) is 7.39. The number of rotatable bonds is 23. The maximum Gasteiger partial charge on any atom is 0.421 e. The zero-order valence-corrected chi connectivity index (χ0v) is 27.2. The van der Waals surface area contributed by atoms with Gasteiger partial charge in [-0.1, -0.05) is 6.42 Å². The lowest BCUT2D eigenvalue weighted by atomic mass is 9.84. The van der Waals surface area contributed by atoms with Crippen molar-refractivity contribution in [2.24, 2.45) is 5.92 Å². The predicted octanol–water partition coefficient (Wildman–Crippen LogP) is 4.64. The summed E-state index contributed by atoms with van der Waals surface area (Å²) in [6.45, 7) is 3.84. The van der Waals surface area contributed by atoms with Crippen LogP contribution in [0.4, 0.5) is 30.6 Å². The van der Waals surface area contributed by atoms with Crippen LogP contribution in [0, 0.1) is 5.92 Å². The number of benzene rings is 1. The van der Waals surface area contributed by atoms with Crippen LogP contribution < -0.4 is 20.7 Å². The van der Waals surface area contributed by atoms with Gasteiger partial charge >= 0.3 is 6.18 Å². The van der Waals surface area contributed by atoms with Gasteiger partial charge in [-0.25, -0.2) is 4.98 Å². The fourth-order valence-electron chi connectivity index (χ4n) is 4.43. The van der Waals surface area contributed by atoms with Gasteiger partial charge in [0.2, 0.25) is 17.8 Å². The third-order valence-corrected chi connectivity index (χ3v) is 7.39. The van der Waals surface area contributed by atoms with Crippen molar-refractivity contribution < 1.29 is 41.7 Å². The molecule has 1 aliphatic rings. The fourth-order valence-corrected chi connectivity index (χ4v) is 4.43. The van der Waals surface area contributed by atoms with E-state index in [-0.39, 0.29) is 49.2 Å². The van der Waals surface area contributed by atoms with Gasteiger partial charge in [-0.3, -0.25) is 9.59 Å². The molecule has 0 spiro atoms. The number of ether oxygens (including phenoxy) is 4. The van der Waals surface area contributed by atoms with Crippen LogP contribution in [0.15, 0.2) is 30.5 Å². The average molecular weight is 669 g/mol. The number of amides is 2. The number of nitrogens with one attached hydrogen (secondary N) is 3. The quantitative estimate of drug-likeness (QED) is 0.144. The molecule has 1 aliphatic carbocycles. The Balaban J connectivity index is 1.29. The van der Waals surface area contributed by atoms with E-state index >= 15 is 0 Å². The first kappa shape index (κ1) is 37.8. The maximum atomic E-state index is 13.6. The number of nitrogens with zero attached hydrogens (tertiary/aromatic N) is 3. The highest BCUT2D eigenvalue weighted by Gasteiger charge is 2.35. The molecule has 0 saturated heterocycles. The molecule has 2 amide bonds. The molecular formula is C32H47F3N6O6. The fraction of sp³-hybridized carbons (Fsp3) is 0.625. The van der Waals surface area contributed by atoms with Crippen molar-refractivity contribution in [2.75, 3.05) is 84.1 Å². The van der Waals surface area contributed by atoms with E-state index in [4.69, 9.17) is 18.9 Å². The van der Waals surface area contributed by atoms with Crippen LogP contribution >= 0.6 is 0 Å². The lowest BCUT2D eigenvalue weighted by Crippen LogP contribution is -2.38. The Morgan fingerprint density at radius 3 is 2.19 bits per heavy atom. The molecule has 0 unspecified atom stereocenters. The van der Waals surface area contributed by atoms with Gasteiger partial charge in [-0.15, -0.1) is 0 Å². The number of alkyl halides is 3. The highest BCUT2D eigenvalue weighted by Crippen LogP contribution is 2.34. The second-order valence-electron chi connectivity index (χ2n) is 11.1. The molecule has 0 aliphatic heterocycles. The third kappa shape index (κ3) is 14.3. The normalized spacial score (nSPS) is 13.1. The van der Waals surface area contributed by atoms with Crippen LogP contribution in [-0.4, -0.2) is 100 Å². The van der Waals surface area contributed by atoms with Crippen LogP contribution in [0.1, 0.15) is 50.5 Å². The summed E-state index contributed by atoms with van der Waals surface area (Å²) in [5.74, 6) is 0.184. The van der Waals surface area contributed by atoms with Crippen molar-refractivity contribution in [2.45, 2.75) is 51.1 Å². The van der Waals surface area contributed by atoms with Crippen LogP contribution in [0.25, 0.3) is 0 Å². The van der Waals surface area contributed by atoms with E-state index < -0.39 is 11.7 Å². The number of likely N-dealkylation sites (N-methyl/N-ethyl adjacent to an activating group) is 2. The maximum absolute atomic E-state index is 13.6. The first-order chi connectivity index (χ1) is 22.7. The first-order valence-corrected chi connectivity index (χ1v) is 16.0. The summed E-state index contributed by atoms with van der Waals surface area (Å²) in [6, 6.07) is 6.94. The minimum Gasteiger partial charge on any atom is -0.494 e. The standard InChI is InChI=1S/C32H47F3N6O6/c1-36-28(42)23-46-20-6-18-44-16-3-4-17-45-19-7-21-47-26-12-10-25(11-13-26)39-31-38-22-27(32(33,34)35)29(40-31)37-14-15-41(2)30(43)24-8-5-9-24/h10-13,22,24H,3-9,14-21,23H2,1-2H3,(H,36,42)(H2,37,38,39,40). The SMILES string of the molecule is CNC(=O)COCCCOCCCCOCCCOc1ccc(Nc2ncc(C(F)(F)F)c(NCCN(C)C(=O)C3CCC3)n2)cc1. The topological polar surface area (TPSA) is 136 Å². The molecule has 3 N–H and O–H groups in total. The van der Waals surface area contributed by atoms with E-state index in [1.807, 2.05) is 0 Å². The first-order valence-electron chi connectivity index (χ1n) is 16.0. The van der Waals surface area contributed by atoms with Gasteiger partial charge in [0.05, 0.1) is 6.61 Å². The van der Waals surface area contributed by atoms with Crippen LogP contribution in [-0.2, 0) is 30.0 Å². The minimum absolute atomic E-state index is 0.000816. The summed E-state index contributed by atoms with van der Waals surface area (Å²) >= 11 is 0. The summed E-state index contributed by atoms with van der Waals surface area (Å²) in [7, 11) is 3.22. The molecule has 0 atom stereocenters. The molecule has 1 aromatic carbocycles. The van der Waals surface area contributed by atoms with Gasteiger partial charge in [0.1, 0.15) is 23.7 Å². The van der Waals surface area contributed by atoms with Gasteiger partial charge in [0.25, 0.3) is 0 Å². The van der Waals surface area contributed by atoms with Gasteiger partial charge in [-0.2, -0.15) is 18.2 Å². The van der Waals surface area contributed by atoms with Crippen molar-refractivity contribution in [1.29, 1.82) is 0 Å². The highest BCUT2D eigenvalue weighted by molar-refractivity contribution is 5.79. The zero-order chi connectivity index (χ0) is 33.9. The molecule has 1 saturated carbocycles. The number of halogens is 3. The smallest absolute Gasteiger partial charge is 0.421 e. The van der Waals surface area contributed by atoms with E-state index in [9.17, 15) is 22.8 Å². The minimum atomic E-state index is -4.64. The lowest BCUT2D eigenvalue weighted by Gasteiger charge is -2.29. The lowest BCUT2D eigenvalue weighted by molar-refractivity contribution is -0.138. The molecule has 0 radical (unpaired) electrons. The van der Waals surface area contributed by atoms with Crippen LogP contribution in [0.3, 0.4) is 0 Å². The van der Waals surface area contributed by atoms with Gasteiger partial charge in [0.15, 0.2) is 0 Å². The number of carbonyl (C=O) groups is 2. The van der Waals surface area contributed by atoms with Crippen molar-refractivity contribution >= 4 is 29.3 Å². The molecular weight excluding hydrogens is 621 g/mol. The van der Waals surface area contributed by atoms with E-state index in [1.165, 1.54) is 0 Å². The van der Waals surface area contributed by atoms with Crippen LogP contribution in [0.2, 0.25) is 0 Å². The number of unbranched alkanes of at least 4 members (excludes halogenated alkanes) is 1. The Morgan fingerprint density at radius 2 is 1.57 bits per heavy atom. The summed E-state index contributed by atoms with van der Waals surface area (Å²) in [4.78, 5) is 32.8. The number of hydrogen-bond donors (Lipinski definition) is 3. The summed E-state index contributed by atoms with van der Waals surface area (Å²) in [6.07, 6.45) is 2.09. The molecule has 0 bridgehead atoms. The Hall–Kier alpha value is -3.69. The van der Waals surface area contributed by atoms with Crippen molar-refractivity contribution in [3.8, 4) is 5.75 Å². The molecule has 47 heavy (non-hydrogen) atoms. The Morgan fingerprint density at radius 1 is 0.936 bits per heavy atom. The molecule has 3 rings (SSSR count). The van der Waals surface area contributed by atoms with E-state index in [2.05, 4.69) is 25.9 Å². The molecule has 1 aromatic heterocycles. The molecule has 15 heteroatoms. The number of aromatic nitrogens is 2. The monoisotopic (exact) mass is 668 g/mol. The molecule has 262 valence electrons. The second-order valence-corrected chi connectivity index (χ2v) is 11.1. The number of carbonyl (C=O) groups excluding carboxylic acids is 2. The zero-order valence-electron chi connectivity index (χ0n) is 27.2.